The fraction of sp³-hybridized carbons (Fsp3) is 0.391. The summed E-state index contributed by atoms with van der Waals surface area (Å²) < 4.78 is 15.9. The lowest BCUT2D eigenvalue weighted by Crippen LogP contribution is -2.42. The zero-order valence-corrected chi connectivity index (χ0v) is 19.2. The van der Waals surface area contributed by atoms with Gasteiger partial charge in [-0.15, -0.1) is 0 Å². The van der Waals surface area contributed by atoms with Crippen molar-refractivity contribution in [3.8, 4) is 0 Å². The number of carbonyl (C=O) groups is 2. The zero-order valence-electron chi connectivity index (χ0n) is 19.2. The average molecular weight is 471 g/mol. The molecule has 1 aliphatic rings. The van der Waals surface area contributed by atoms with Crippen molar-refractivity contribution in [2.24, 2.45) is 0 Å². The smallest absolute Gasteiger partial charge is 0.261 e. The van der Waals surface area contributed by atoms with Gasteiger partial charge in [0.2, 0.25) is 0 Å². The lowest BCUT2D eigenvalue weighted by molar-refractivity contribution is -0.0159. The van der Waals surface area contributed by atoms with Crippen LogP contribution in [0.2, 0.25) is 0 Å². The highest BCUT2D eigenvalue weighted by atomic mass is 19.1. The monoisotopic (exact) mass is 470 g/mol. The number of alkyl halides is 1. The van der Waals surface area contributed by atoms with Crippen LogP contribution in [0, 0.1) is 0 Å². The molecule has 3 N–H and O–H groups in total. The largest absolute Gasteiger partial charge is 0.395 e. The first-order chi connectivity index (χ1) is 16.1. The Hall–Kier alpha value is -3.57. The van der Waals surface area contributed by atoms with Crippen molar-refractivity contribution in [3.63, 3.8) is 0 Å². The third-order valence-corrected chi connectivity index (χ3v) is 5.87. The minimum Gasteiger partial charge on any atom is -0.395 e. The van der Waals surface area contributed by atoms with Crippen LogP contribution < -0.4 is 10.2 Å². The van der Waals surface area contributed by atoms with Gasteiger partial charge in [-0.3, -0.25) is 9.59 Å². The van der Waals surface area contributed by atoms with E-state index in [1.165, 1.54) is 29.5 Å². The number of fused-ring (bicyclic) bond motifs is 2. The average Bonchev–Trinajstić information content (AvgIpc) is 3.34. The van der Waals surface area contributed by atoms with E-state index in [-0.39, 0.29) is 37.7 Å². The maximum atomic E-state index is 14.5. The minimum absolute atomic E-state index is 0.131. The molecule has 1 atom stereocenters. The summed E-state index contributed by atoms with van der Waals surface area (Å²) in [5.74, 6) is -0.787. The molecule has 34 heavy (non-hydrogen) atoms. The standard InChI is InChI=1S/C23H27FN6O4/c1-23(2,34)19(24)13-29-12-14-9-17(18(28(3)7-8-31)10-15(14)22(29)33)27-21(32)16-11-26-30-6-4-5-25-20(16)30/h4-6,9-11,19,31,34H,7-8,12-13H2,1-3H3,(H,27,32). The quantitative estimate of drug-likeness (QED) is 0.456. The van der Waals surface area contributed by atoms with Crippen molar-refractivity contribution in [1.82, 2.24) is 19.5 Å². The molecule has 0 bridgehead atoms. The second-order valence-electron chi connectivity index (χ2n) is 8.88. The minimum atomic E-state index is -1.62. The van der Waals surface area contributed by atoms with Crippen LogP contribution in [0.1, 0.15) is 40.1 Å². The van der Waals surface area contributed by atoms with E-state index >= 15 is 0 Å². The molecule has 0 spiro atoms. The summed E-state index contributed by atoms with van der Waals surface area (Å²) in [7, 11) is 1.73. The predicted octanol–water partition coefficient (Wildman–Crippen LogP) is 1.47. The fourth-order valence-corrected chi connectivity index (χ4v) is 3.84. The second kappa shape index (κ2) is 8.99. The van der Waals surface area contributed by atoms with E-state index in [2.05, 4.69) is 15.4 Å². The number of nitrogens with zero attached hydrogens (tertiary/aromatic N) is 5. The van der Waals surface area contributed by atoms with Crippen LogP contribution in [0.5, 0.6) is 0 Å². The molecule has 3 heterocycles. The van der Waals surface area contributed by atoms with Crippen LogP contribution in [-0.4, -0.2) is 80.0 Å². The van der Waals surface area contributed by atoms with E-state index in [0.29, 0.717) is 28.1 Å². The molecular formula is C23H27FN6O4. The zero-order chi connectivity index (χ0) is 24.6. The lowest BCUT2D eigenvalue weighted by atomic mass is 10.0. The summed E-state index contributed by atoms with van der Waals surface area (Å²) in [6, 6.07) is 5.02. The van der Waals surface area contributed by atoms with E-state index < -0.39 is 17.7 Å². The Labute approximate surface area is 195 Å². The Morgan fingerprint density at radius 1 is 1.38 bits per heavy atom. The summed E-state index contributed by atoms with van der Waals surface area (Å²) in [4.78, 5) is 33.3. The first-order valence-corrected chi connectivity index (χ1v) is 10.8. The number of nitrogens with one attached hydrogen (secondary N) is 1. The summed E-state index contributed by atoms with van der Waals surface area (Å²) in [5, 5.41) is 26.4. The number of benzene rings is 1. The van der Waals surface area contributed by atoms with Gasteiger partial charge >= 0.3 is 0 Å². The van der Waals surface area contributed by atoms with Crippen LogP contribution in [0.4, 0.5) is 15.8 Å². The Morgan fingerprint density at radius 2 is 2.15 bits per heavy atom. The Bertz CT molecular complexity index is 1240. The highest BCUT2D eigenvalue weighted by Crippen LogP contribution is 2.35. The number of aromatic nitrogens is 3. The van der Waals surface area contributed by atoms with Crippen LogP contribution >= 0.6 is 0 Å². The SMILES string of the molecule is CN(CCO)c1cc2c(cc1NC(=O)c1cnn3cccnc13)CN(CC(F)C(C)(C)O)C2=O. The fourth-order valence-electron chi connectivity index (χ4n) is 3.84. The number of anilines is 2. The first-order valence-electron chi connectivity index (χ1n) is 10.8. The molecule has 11 heteroatoms. The molecule has 180 valence electrons. The predicted molar refractivity (Wildman–Crippen MR) is 124 cm³/mol. The third-order valence-electron chi connectivity index (χ3n) is 5.87. The van der Waals surface area contributed by atoms with E-state index in [9.17, 15) is 24.2 Å². The maximum absolute atomic E-state index is 14.5. The maximum Gasteiger partial charge on any atom is 0.261 e. The molecule has 0 saturated carbocycles. The molecule has 1 aromatic carbocycles. The van der Waals surface area contributed by atoms with Crippen LogP contribution in [0.15, 0.2) is 36.8 Å². The van der Waals surface area contributed by atoms with Gasteiger partial charge in [0, 0.05) is 38.1 Å². The molecule has 4 rings (SSSR count). The third kappa shape index (κ3) is 4.44. The summed E-state index contributed by atoms with van der Waals surface area (Å²) in [6.07, 6.45) is 3.05. The lowest BCUT2D eigenvalue weighted by Gasteiger charge is -2.26. The van der Waals surface area contributed by atoms with Gasteiger partial charge in [0.1, 0.15) is 11.7 Å². The van der Waals surface area contributed by atoms with Gasteiger partial charge in [-0.05, 0) is 37.6 Å². The van der Waals surface area contributed by atoms with Crippen molar-refractivity contribution in [2.45, 2.75) is 32.2 Å². The number of halogens is 1. The van der Waals surface area contributed by atoms with Crippen molar-refractivity contribution in [3.05, 3.63) is 53.5 Å². The van der Waals surface area contributed by atoms with Crippen LogP contribution in [0.25, 0.3) is 5.65 Å². The Balaban J connectivity index is 1.66. The van der Waals surface area contributed by atoms with Gasteiger partial charge in [-0.1, -0.05) is 0 Å². The van der Waals surface area contributed by atoms with E-state index in [4.69, 9.17) is 0 Å². The number of aliphatic hydroxyl groups excluding tert-OH is 1. The number of likely N-dealkylation sites (N-methyl/N-ethyl adjacent to an activating group) is 1. The van der Waals surface area contributed by atoms with Crippen LogP contribution in [-0.2, 0) is 6.54 Å². The molecule has 0 saturated heterocycles. The molecule has 2 amide bonds. The molecule has 0 radical (unpaired) electrons. The molecule has 1 aliphatic heterocycles. The number of hydrogen-bond donors (Lipinski definition) is 3. The number of aliphatic hydroxyl groups is 2. The van der Waals surface area contributed by atoms with Crippen molar-refractivity contribution < 1.29 is 24.2 Å². The number of carbonyl (C=O) groups excluding carboxylic acids is 2. The molecule has 3 aromatic rings. The summed E-state index contributed by atoms with van der Waals surface area (Å²) in [5.41, 5.74) is 1.07. The van der Waals surface area contributed by atoms with Crippen molar-refractivity contribution >= 4 is 28.8 Å². The number of amides is 2. The molecule has 0 fully saturated rings. The summed E-state index contributed by atoms with van der Waals surface area (Å²) >= 11 is 0. The van der Waals surface area contributed by atoms with E-state index in [0.717, 1.165) is 0 Å². The molecule has 2 aromatic heterocycles. The van der Waals surface area contributed by atoms with Crippen molar-refractivity contribution in [1.29, 1.82) is 0 Å². The van der Waals surface area contributed by atoms with Gasteiger partial charge in [-0.2, -0.15) is 5.10 Å². The van der Waals surface area contributed by atoms with Crippen LogP contribution in [0.3, 0.4) is 0 Å². The Kier molecular flexibility index (Phi) is 6.24. The highest BCUT2D eigenvalue weighted by molar-refractivity contribution is 6.10. The highest BCUT2D eigenvalue weighted by Gasteiger charge is 2.35. The summed E-state index contributed by atoms with van der Waals surface area (Å²) in [6.45, 7) is 2.74. The second-order valence-corrected chi connectivity index (χ2v) is 8.88. The van der Waals surface area contributed by atoms with Gasteiger partial charge in [0.15, 0.2) is 5.65 Å². The topological polar surface area (TPSA) is 123 Å². The van der Waals surface area contributed by atoms with Gasteiger partial charge < -0.3 is 25.3 Å². The normalized spacial score (nSPS) is 14.4. The molecule has 10 nitrogen and oxygen atoms in total. The van der Waals surface area contributed by atoms with Gasteiger partial charge in [0.25, 0.3) is 11.8 Å². The van der Waals surface area contributed by atoms with Gasteiger partial charge in [0.05, 0.1) is 36.3 Å². The molecular weight excluding hydrogens is 443 g/mol. The number of rotatable bonds is 8. The molecule has 0 aliphatic carbocycles. The number of hydrogen-bond acceptors (Lipinski definition) is 7. The molecule has 1 unspecified atom stereocenters. The Morgan fingerprint density at radius 3 is 2.85 bits per heavy atom. The van der Waals surface area contributed by atoms with Crippen molar-refractivity contribution in [2.75, 3.05) is 37.0 Å². The van der Waals surface area contributed by atoms with E-state index in [1.807, 2.05) is 0 Å². The van der Waals surface area contributed by atoms with Gasteiger partial charge in [-0.25, -0.2) is 13.9 Å². The first kappa shape index (κ1) is 23.6. The van der Waals surface area contributed by atoms with E-state index in [1.54, 1.807) is 42.5 Å².